The zero-order chi connectivity index (χ0) is 20.1. The number of carbonyl (C=O) groups excluding carboxylic acids is 1. The van der Waals surface area contributed by atoms with E-state index in [1.165, 1.54) is 22.9 Å². The summed E-state index contributed by atoms with van der Waals surface area (Å²) < 4.78 is 1.90. The quantitative estimate of drug-likeness (QED) is 0.556. The summed E-state index contributed by atoms with van der Waals surface area (Å²) in [6, 6.07) is 16.6. The van der Waals surface area contributed by atoms with Crippen LogP contribution in [-0.2, 0) is 11.3 Å². The van der Waals surface area contributed by atoms with Gasteiger partial charge in [0.15, 0.2) is 5.16 Å². The average Bonchev–Trinajstić information content (AvgIpc) is 3.15. The fourth-order valence-corrected chi connectivity index (χ4v) is 3.68. The van der Waals surface area contributed by atoms with Gasteiger partial charge >= 0.3 is 0 Å². The summed E-state index contributed by atoms with van der Waals surface area (Å²) in [6.45, 7) is 7.01. The number of carbonyl (C=O) groups is 1. The predicted molar refractivity (Wildman–Crippen MR) is 114 cm³/mol. The van der Waals surface area contributed by atoms with Crippen molar-refractivity contribution in [3.8, 4) is 5.69 Å². The van der Waals surface area contributed by atoms with Crippen LogP contribution in [0.2, 0.25) is 0 Å². The highest BCUT2D eigenvalue weighted by atomic mass is 32.2. The van der Waals surface area contributed by atoms with E-state index in [2.05, 4.69) is 55.2 Å². The van der Waals surface area contributed by atoms with Crippen LogP contribution in [0.5, 0.6) is 0 Å². The molecule has 0 aliphatic carbocycles. The summed E-state index contributed by atoms with van der Waals surface area (Å²) in [7, 11) is 1.84. The van der Waals surface area contributed by atoms with E-state index in [1.54, 1.807) is 11.2 Å². The number of benzene rings is 2. The Morgan fingerprint density at radius 3 is 2.43 bits per heavy atom. The largest absolute Gasteiger partial charge is 0.341 e. The maximum absolute atomic E-state index is 12.6. The van der Waals surface area contributed by atoms with E-state index in [9.17, 15) is 4.79 Å². The lowest BCUT2D eigenvalue weighted by molar-refractivity contribution is -0.127. The van der Waals surface area contributed by atoms with Gasteiger partial charge in [-0.15, -0.1) is 10.2 Å². The maximum Gasteiger partial charge on any atom is 0.233 e. The van der Waals surface area contributed by atoms with E-state index < -0.39 is 0 Å². The molecule has 3 aromatic rings. The lowest BCUT2D eigenvalue weighted by Crippen LogP contribution is -2.27. The Morgan fingerprint density at radius 1 is 1.11 bits per heavy atom. The number of aromatic nitrogens is 3. The Bertz CT molecular complexity index is 916. The molecule has 0 fully saturated rings. The molecule has 1 heterocycles. The lowest BCUT2D eigenvalue weighted by Gasteiger charge is -2.17. The molecule has 5 nitrogen and oxygen atoms in total. The van der Waals surface area contributed by atoms with Crippen molar-refractivity contribution in [3.63, 3.8) is 0 Å². The van der Waals surface area contributed by atoms with Crippen molar-refractivity contribution in [1.82, 2.24) is 19.7 Å². The molecule has 6 heteroatoms. The highest BCUT2D eigenvalue weighted by Gasteiger charge is 2.14. The van der Waals surface area contributed by atoms with Crippen LogP contribution >= 0.6 is 11.8 Å². The fourth-order valence-electron chi connectivity index (χ4n) is 2.81. The molecule has 0 spiro atoms. The van der Waals surface area contributed by atoms with Crippen molar-refractivity contribution in [3.05, 3.63) is 71.5 Å². The third kappa shape index (κ3) is 5.01. The number of rotatable bonds is 7. The Morgan fingerprint density at radius 2 is 1.79 bits per heavy atom. The normalized spacial score (nSPS) is 11.0. The molecule has 28 heavy (non-hydrogen) atoms. The molecule has 3 rings (SSSR count). The summed E-state index contributed by atoms with van der Waals surface area (Å²) in [6.07, 6.45) is 1.68. The molecule has 1 aromatic heterocycles. The number of thioether (sulfide) groups is 1. The maximum atomic E-state index is 12.6. The molecule has 0 unspecified atom stereocenters. The van der Waals surface area contributed by atoms with Crippen LogP contribution in [-0.4, -0.2) is 38.4 Å². The van der Waals surface area contributed by atoms with Crippen molar-refractivity contribution in [1.29, 1.82) is 0 Å². The first kappa shape index (κ1) is 20.1. The first-order chi connectivity index (χ1) is 13.4. The molecule has 0 aliphatic rings. The van der Waals surface area contributed by atoms with Crippen LogP contribution in [0.3, 0.4) is 0 Å². The molecule has 0 atom stereocenters. The smallest absolute Gasteiger partial charge is 0.233 e. The zero-order valence-electron chi connectivity index (χ0n) is 16.8. The van der Waals surface area contributed by atoms with E-state index in [0.717, 1.165) is 11.3 Å². The second-order valence-electron chi connectivity index (χ2n) is 7.25. The monoisotopic (exact) mass is 394 g/mol. The van der Waals surface area contributed by atoms with Crippen molar-refractivity contribution < 1.29 is 4.79 Å². The number of aryl methyl sites for hydroxylation is 1. The first-order valence-electron chi connectivity index (χ1n) is 9.36. The lowest BCUT2D eigenvalue weighted by atomic mass is 10.0. The number of nitrogens with zero attached hydrogens (tertiary/aromatic N) is 4. The topological polar surface area (TPSA) is 51.0 Å². The Labute approximate surface area is 170 Å². The molecule has 2 aromatic carbocycles. The van der Waals surface area contributed by atoms with E-state index in [0.29, 0.717) is 23.4 Å². The predicted octanol–water partition coefficient (Wildman–Crippen LogP) is 4.45. The molecule has 146 valence electrons. The third-order valence-electron chi connectivity index (χ3n) is 4.65. The van der Waals surface area contributed by atoms with Gasteiger partial charge in [0.2, 0.25) is 5.91 Å². The SMILES string of the molecule is Cc1ccc(-n2cnnc2SCC(=O)N(C)Cc2ccc(C(C)C)cc2)cc1. The van der Waals surface area contributed by atoms with Crippen LogP contribution in [0.15, 0.2) is 60.0 Å². The molecule has 1 amide bonds. The van der Waals surface area contributed by atoms with Crippen LogP contribution < -0.4 is 0 Å². The molecular formula is C22H26N4OS. The van der Waals surface area contributed by atoms with Crippen molar-refractivity contribution in [2.45, 2.75) is 38.4 Å². The van der Waals surface area contributed by atoms with Gasteiger partial charge in [-0.05, 0) is 36.1 Å². The van der Waals surface area contributed by atoms with Crippen LogP contribution in [0.4, 0.5) is 0 Å². The fraction of sp³-hybridized carbons (Fsp3) is 0.318. The van der Waals surface area contributed by atoms with Gasteiger partial charge in [0.1, 0.15) is 6.33 Å². The average molecular weight is 395 g/mol. The third-order valence-corrected chi connectivity index (χ3v) is 5.57. The van der Waals surface area contributed by atoms with Gasteiger partial charge in [0.25, 0.3) is 0 Å². The highest BCUT2D eigenvalue weighted by Crippen LogP contribution is 2.21. The molecule has 0 saturated carbocycles. The van der Waals surface area contributed by atoms with Gasteiger partial charge < -0.3 is 4.90 Å². The van der Waals surface area contributed by atoms with Gasteiger partial charge in [0.05, 0.1) is 5.75 Å². The molecule has 0 radical (unpaired) electrons. The number of amides is 1. The number of hydrogen-bond donors (Lipinski definition) is 0. The van der Waals surface area contributed by atoms with Gasteiger partial charge in [0, 0.05) is 19.3 Å². The minimum Gasteiger partial charge on any atom is -0.341 e. The highest BCUT2D eigenvalue weighted by molar-refractivity contribution is 7.99. The van der Waals surface area contributed by atoms with Gasteiger partial charge in [-0.1, -0.05) is 67.6 Å². The molecular weight excluding hydrogens is 368 g/mol. The van der Waals surface area contributed by atoms with E-state index >= 15 is 0 Å². The van der Waals surface area contributed by atoms with Crippen molar-refractivity contribution >= 4 is 17.7 Å². The first-order valence-corrected chi connectivity index (χ1v) is 10.4. The van der Waals surface area contributed by atoms with Crippen molar-refractivity contribution in [2.75, 3.05) is 12.8 Å². The molecule has 0 saturated heterocycles. The summed E-state index contributed by atoms with van der Waals surface area (Å²) in [5.74, 6) is 0.901. The van der Waals surface area contributed by atoms with E-state index in [1.807, 2.05) is 35.9 Å². The summed E-state index contributed by atoms with van der Waals surface area (Å²) in [5, 5.41) is 8.88. The zero-order valence-corrected chi connectivity index (χ0v) is 17.6. The minimum absolute atomic E-state index is 0.0661. The van der Waals surface area contributed by atoms with Gasteiger partial charge in [-0.2, -0.15) is 0 Å². The van der Waals surface area contributed by atoms with Gasteiger partial charge in [-0.25, -0.2) is 0 Å². The second-order valence-corrected chi connectivity index (χ2v) is 8.20. The van der Waals surface area contributed by atoms with E-state index in [4.69, 9.17) is 0 Å². The van der Waals surface area contributed by atoms with Crippen molar-refractivity contribution in [2.24, 2.45) is 0 Å². The number of hydrogen-bond acceptors (Lipinski definition) is 4. The Hall–Kier alpha value is -2.60. The Balaban J connectivity index is 1.58. The van der Waals surface area contributed by atoms with Gasteiger partial charge in [-0.3, -0.25) is 9.36 Å². The second kappa shape index (κ2) is 9.06. The van der Waals surface area contributed by atoms with Crippen LogP contribution in [0, 0.1) is 6.92 Å². The summed E-state index contributed by atoms with van der Waals surface area (Å²) in [5.41, 5.74) is 4.63. The van der Waals surface area contributed by atoms with E-state index in [-0.39, 0.29) is 5.91 Å². The van der Waals surface area contributed by atoms with Crippen LogP contribution in [0.1, 0.15) is 36.5 Å². The molecule has 0 aliphatic heterocycles. The summed E-state index contributed by atoms with van der Waals surface area (Å²) in [4.78, 5) is 14.3. The summed E-state index contributed by atoms with van der Waals surface area (Å²) >= 11 is 1.40. The molecule has 0 bridgehead atoms. The minimum atomic E-state index is 0.0661. The standard InChI is InChI=1S/C22H26N4OS/c1-16(2)19-9-7-18(8-10-19)13-25(4)21(27)14-28-22-24-23-15-26(22)20-11-5-17(3)6-12-20/h5-12,15-16H,13-14H2,1-4H3. The Kier molecular flexibility index (Phi) is 6.52. The van der Waals surface area contributed by atoms with Crippen LogP contribution in [0.25, 0.3) is 5.69 Å². The molecule has 0 N–H and O–H groups in total.